The molecule has 31 heavy (non-hydrogen) atoms. The molecule has 1 aliphatic rings. The monoisotopic (exact) mass is 422 g/mol. The maximum absolute atomic E-state index is 12.8. The van der Waals surface area contributed by atoms with Crippen molar-refractivity contribution in [3.8, 4) is 0 Å². The number of carbonyl (C=O) groups is 4. The van der Waals surface area contributed by atoms with Gasteiger partial charge in [-0.1, -0.05) is 44.0 Å². The van der Waals surface area contributed by atoms with Gasteiger partial charge < -0.3 is 10.1 Å². The Morgan fingerprint density at radius 3 is 2.26 bits per heavy atom. The third-order valence-corrected chi connectivity index (χ3v) is 5.46. The molecule has 162 valence electrons. The third kappa shape index (κ3) is 4.66. The van der Waals surface area contributed by atoms with Crippen molar-refractivity contribution in [2.45, 2.75) is 46.1 Å². The molecule has 0 bridgehead atoms. The summed E-state index contributed by atoms with van der Waals surface area (Å²) >= 11 is 0. The van der Waals surface area contributed by atoms with Crippen molar-refractivity contribution in [3.63, 3.8) is 0 Å². The Kier molecular flexibility index (Phi) is 6.84. The SMILES string of the molecule is CCCC[C@H](C(=O)OCC(=O)Nc1cccc(C)c1C)N1C(=O)c2ccccc2C1=O. The molecule has 2 aromatic carbocycles. The summed E-state index contributed by atoms with van der Waals surface area (Å²) in [5.74, 6) is -2.28. The highest BCUT2D eigenvalue weighted by atomic mass is 16.5. The average molecular weight is 422 g/mol. The van der Waals surface area contributed by atoms with E-state index in [-0.39, 0.29) is 17.5 Å². The molecule has 0 fully saturated rings. The smallest absolute Gasteiger partial charge is 0.329 e. The minimum Gasteiger partial charge on any atom is -0.454 e. The second-order valence-corrected chi connectivity index (χ2v) is 7.59. The van der Waals surface area contributed by atoms with Crippen molar-refractivity contribution in [2.24, 2.45) is 0 Å². The minimum atomic E-state index is -1.07. The summed E-state index contributed by atoms with van der Waals surface area (Å²) in [6.45, 7) is 5.27. The fraction of sp³-hybridized carbons (Fsp3) is 0.333. The molecule has 3 rings (SSSR count). The summed E-state index contributed by atoms with van der Waals surface area (Å²) in [4.78, 5) is 51.6. The van der Waals surface area contributed by atoms with Crippen LogP contribution < -0.4 is 5.32 Å². The number of hydrogen-bond acceptors (Lipinski definition) is 5. The van der Waals surface area contributed by atoms with Gasteiger partial charge in [-0.15, -0.1) is 0 Å². The van der Waals surface area contributed by atoms with Crippen molar-refractivity contribution < 1.29 is 23.9 Å². The molecule has 0 saturated carbocycles. The molecule has 0 unspecified atom stereocenters. The van der Waals surface area contributed by atoms with Crippen LogP contribution in [0.3, 0.4) is 0 Å². The fourth-order valence-electron chi connectivity index (χ4n) is 3.55. The van der Waals surface area contributed by atoms with E-state index in [0.29, 0.717) is 12.1 Å². The van der Waals surface area contributed by atoms with Gasteiger partial charge in [0.25, 0.3) is 17.7 Å². The van der Waals surface area contributed by atoms with Crippen LogP contribution in [0.4, 0.5) is 5.69 Å². The van der Waals surface area contributed by atoms with Gasteiger partial charge in [0.1, 0.15) is 6.04 Å². The first-order chi connectivity index (χ1) is 14.8. The molecular weight excluding hydrogens is 396 g/mol. The highest BCUT2D eigenvalue weighted by molar-refractivity contribution is 6.22. The summed E-state index contributed by atoms with van der Waals surface area (Å²) in [5, 5.41) is 2.73. The van der Waals surface area contributed by atoms with Gasteiger partial charge in [0, 0.05) is 5.69 Å². The molecule has 2 aromatic rings. The van der Waals surface area contributed by atoms with Crippen molar-refractivity contribution in [1.82, 2.24) is 4.90 Å². The molecule has 0 spiro atoms. The van der Waals surface area contributed by atoms with E-state index in [1.54, 1.807) is 30.3 Å². The zero-order valence-electron chi connectivity index (χ0n) is 17.9. The maximum Gasteiger partial charge on any atom is 0.329 e. The molecule has 0 aromatic heterocycles. The highest BCUT2D eigenvalue weighted by Crippen LogP contribution is 2.27. The predicted molar refractivity (Wildman–Crippen MR) is 116 cm³/mol. The molecule has 1 N–H and O–H groups in total. The Labute approximate surface area is 181 Å². The lowest BCUT2D eigenvalue weighted by atomic mass is 10.1. The second kappa shape index (κ2) is 9.55. The van der Waals surface area contributed by atoms with Crippen molar-refractivity contribution >= 4 is 29.4 Å². The van der Waals surface area contributed by atoms with E-state index in [1.165, 1.54) is 0 Å². The van der Waals surface area contributed by atoms with Gasteiger partial charge in [0.05, 0.1) is 11.1 Å². The summed E-state index contributed by atoms with van der Waals surface area (Å²) in [7, 11) is 0. The summed E-state index contributed by atoms with van der Waals surface area (Å²) in [6.07, 6.45) is 1.68. The molecule has 0 saturated heterocycles. The number of carbonyl (C=O) groups excluding carboxylic acids is 4. The van der Waals surface area contributed by atoms with Crippen molar-refractivity contribution in [2.75, 3.05) is 11.9 Å². The van der Waals surface area contributed by atoms with Gasteiger partial charge in [0.2, 0.25) is 0 Å². The zero-order chi connectivity index (χ0) is 22.5. The van der Waals surface area contributed by atoms with E-state index in [0.717, 1.165) is 22.4 Å². The van der Waals surface area contributed by atoms with Crippen molar-refractivity contribution in [3.05, 3.63) is 64.7 Å². The number of ether oxygens (including phenoxy) is 1. The number of rotatable bonds is 8. The number of imide groups is 1. The largest absolute Gasteiger partial charge is 0.454 e. The first-order valence-electron chi connectivity index (χ1n) is 10.3. The van der Waals surface area contributed by atoms with Crippen LogP contribution in [0.5, 0.6) is 0 Å². The standard InChI is InChI=1S/C24H26N2O5/c1-4-5-13-20(26-22(28)17-10-6-7-11-18(17)23(26)29)24(30)31-14-21(27)25-19-12-8-9-15(2)16(19)3/h6-12,20H,4-5,13-14H2,1-3H3,(H,25,27)/t20-/m1/s1. The molecule has 1 heterocycles. The summed E-state index contributed by atoms with van der Waals surface area (Å²) in [6, 6.07) is 10.9. The first kappa shape index (κ1) is 22.2. The molecule has 7 heteroatoms. The molecule has 1 aliphatic heterocycles. The third-order valence-electron chi connectivity index (χ3n) is 5.46. The number of anilines is 1. The second-order valence-electron chi connectivity index (χ2n) is 7.59. The minimum absolute atomic E-state index is 0.273. The number of amides is 3. The molecular formula is C24H26N2O5. The van der Waals surface area contributed by atoms with E-state index in [9.17, 15) is 19.2 Å². The van der Waals surface area contributed by atoms with Gasteiger partial charge in [-0.2, -0.15) is 0 Å². The first-order valence-corrected chi connectivity index (χ1v) is 10.3. The van der Waals surface area contributed by atoms with Crippen LogP contribution in [0.25, 0.3) is 0 Å². The van der Waals surface area contributed by atoms with Gasteiger partial charge >= 0.3 is 5.97 Å². The molecule has 7 nitrogen and oxygen atoms in total. The van der Waals surface area contributed by atoms with E-state index in [2.05, 4.69) is 5.32 Å². The van der Waals surface area contributed by atoms with Gasteiger partial charge in [0.15, 0.2) is 6.61 Å². The zero-order valence-corrected chi connectivity index (χ0v) is 17.9. The Hall–Kier alpha value is -3.48. The number of nitrogens with one attached hydrogen (secondary N) is 1. The van der Waals surface area contributed by atoms with E-state index in [1.807, 2.05) is 32.9 Å². The Morgan fingerprint density at radius 1 is 1.00 bits per heavy atom. The Bertz CT molecular complexity index is 995. The Balaban J connectivity index is 1.69. The lowest BCUT2D eigenvalue weighted by Gasteiger charge is -2.24. The number of hydrogen-bond donors (Lipinski definition) is 1. The average Bonchev–Trinajstić information content (AvgIpc) is 3.01. The van der Waals surface area contributed by atoms with Crippen LogP contribution in [-0.2, 0) is 14.3 Å². The molecule has 0 radical (unpaired) electrons. The summed E-state index contributed by atoms with van der Waals surface area (Å²) in [5.41, 5.74) is 3.14. The van der Waals surface area contributed by atoms with Crippen molar-refractivity contribution in [1.29, 1.82) is 0 Å². The normalized spacial score (nSPS) is 13.7. The van der Waals surface area contributed by atoms with Gasteiger partial charge in [-0.05, 0) is 49.6 Å². The topological polar surface area (TPSA) is 92.8 Å². The number of fused-ring (bicyclic) bond motifs is 1. The number of unbranched alkanes of at least 4 members (excludes halogenated alkanes) is 1. The highest BCUT2D eigenvalue weighted by Gasteiger charge is 2.43. The van der Waals surface area contributed by atoms with Gasteiger partial charge in [-0.3, -0.25) is 19.3 Å². The van der Waals surface area contributed by atoms with Crippen LogP contribution in [0.15, 0.2) is 42.5 Å². The predicted octanol–water partition coefficient (Wildman–Crippen LogP) is 3.64. The summed E-state index contributed by atoms with van der Waals surface area (Å²) < 4.78 is 5.22. The molecule has 3 amide bonds. The number of aryl methyl sites for hydroxylation is 1. The quantitative estimate of drug-likeness (QED) is 0.518. The fourth-order valence-corrected chi connectivity index (χ4v) is 3.55. The van der Waals surface area contributed by atoms with Gasteiger partial charge in [-0.25, -0.2) is 4.79 Å². The van der Waals surface area contributed by atoms with Crippen LogP contribution >= 0.6 is 0 Å². The Morgan fingerprint density at radius 2 is 1.65 bits per heavy atom. The van der Waals surface area contributed by atoms with Crippen LogP contribution in [0, 0.1) is 13.8 Å². The van der Waals surface area contributed by atoms with E-state index < -0.39 is 36.3 Å². The molecule has 1 atom stereocenters. The maximum atomic E-state index is 12.8. The van der Waals surface area contributed by atoms with Crippen LogP contribution in [0.2, 0.25) is 0 Å². The lowest BCUT2D eigenvalue weighted by Crippen LogP contribution is -2.46. The number of benzene rings is 2. The van der Waals surface area contributed by atoms with E-state index in [4.69, 9.17) is 4.74 Å². The molecule has 0 aliphatic carbocycles. The lowest BCUT2D eigenvalue weighted by molar-refractivity contribution is -0.151. The van der Waals surface area contributed by atoms with Crippen LogP contribution in [-0.4, -0.2) is 41.2 Å². The van der Waals surface area contributed by atoms with Crippen LogP contribution in [0.1, 0.15) is 58.0 Å². The number of esters is 1. The van der Waals surface area contributed by atoms with E-state index >= 15 is 0 Å². The number of nitrogens with zero attached hydrogens (tertiary/aromatic N) is 1.